The molecular weight excluding hydrogens is 400 g/mol. The van der Waals surface area contributed by atoms with Crippen molar-refractivity contribution in [3.8, 4) is 5.75 Å². The third-order valence-corrected chi connectivity index (χ3v) is 6.85. The summed E-state index contributed by atoms with van der Waals surface area (Å²) in [5, 5.41) is 0. The van der Waals surface area contributed by atoms with E-state index < -0.39 is 0 Å². The van der Waals surface area contributed by atoms with Crippen LogP contribution in [0.1, 0.15) is 25.8 Å². The number of ether oxygens (including phenoxy) is 1. The maximum absolute atomic E-state index is 12.7. The molecule has 2 fully saturated rings. The second-order valence-corrected chi connectivity index (χ2v) is 9.74. The Bertz CT molecular complexity index is 954. The van der Waals surface area contributed by atoms with E-state index in [2.05, 4.69) is 41.8 Å². The highest BCUT2D eigenvalue weighted by molar-refractivity contribution is 5.94. The third-order valence-electron chi connectivity index (χ3n) is 6.85. The fourth-order valence-electron chi connectivity index (χ4n) is 5.18. The van der Waals surface area contributed by atoms with Gasteiger partial charge in [-0.1, -0.05) is 30.3 Å². The van der Waals surface area contributed by atoms with E-state index >= 15 is 0 Å². The molecule has 32 heavy (non-hydrogen) atoms. The molecule has 170 valence electrons. The summed E-state index contributed by atoms with van der Waals surface area (Å²) >= 11 is 0. The average Bonchev–Trinajstić information content (AvgIpc) is 3.32. The molecule has 0 radical (unpaired) electrons. The molecule has 0 aromatic heterocycles. The van der Waals surface area contributed by atoms with Crippen molar-refractivity contribution in [2.75, 3.05) is 62.2 Å². The molecule has 0 aliphatic carbocycles. The van der Waals surface area contributed by atoms with Crippen LogP contribution in [0.2, 0.25) is 0 Å². The van der Waals surface area contributed by atoms with Crippen molar-refractivity contribution in [2.45, 2.75) is 32.3 Å². The Morgan fingerprint density at radius 1 is 0.875 bits per heavy atom. The zero-order chi connectivity index (χ0) is 22.1. The molecule has 0 unspecified atom stereocenters. The summed E-state index contributed by atoms with van der Waals surface area (Å²) in [5.41, 5.74) is 3.46. The molecule has 0 atom stereocenters. The van der Waals surface area contributed by atoms with Crippen molar-refractivity contribution in [3.05, 3.63) is 54.1 Å². The Balaban J connectivity index is 1.09. The minimum Gasteiger partial charge on any atom is -0.485 e. The molecular formula is C26H34N4O2. The summed E-state index contributed by atoms with van der Waals surface area (Å²) < 4.78 is 6.28. The number of rotatable bonds is 6. The minimum absolute atomic E-state index is 0.108. The SMILES string of the molecule is CC1(C)Cc2cccc(N3CCN(CCCN4CCN(c5ccccc5)C4=O)CC3)c2O1. The predicted octanol–water partition coefficient (Wildman–Crippen LogP) is 3.85. The third kappa shape index (κ3) is 4.29. The number of para-hydroxylation sites is 2. The van der Waals surface area contributed by atoms with Crippen LogP contribution >= 0.6 is 0 Å². The van der Waals surface area contributed by atoms with Gasteiger partial charge in [-0.2, -0.15) is 0 Å². The molecule has 0 N–H and O–H groups in total. The summed E-state index contributed by atoms with van der Waals surface area (Å²) in [6.45, 7) is 11.9. The minimum atomic E-state index is -0.108. The zero-order valence-electron chi connectivity index (χ0n) is 19.3. The predicted molar refractivity (Wildman–Crippen MR) is 129 cm³/mol. The average molecular weight is 435 g/mol. The topological polar surface area (TPSA) is 39.3 Å². The molecule has 3 aliphatic heterocycles. The van der Waals surface area contributed by atoms with Crippen molar-refractivity contribution in [2.24, 2.45) is 0 Å². The monoisotopic (exact) mass is 434 g/mol. The lowest BCUT2D eigenvalue weighted by Crippen LogP contribution is -2.47. The van der Waals surface area contributed by atoms with Gasteiger partial charge in [0, 0.05) is 63.5 Å². The normalized spacial score (nSPS) is 20.6. The number of urea groups is 1. The second kappa shape index (κ2) is 8.66. The molecule has 2 aromatic rings. The van der Waals surface area contributed by atoms with Crippen LogP contribution in [0.3, 0.4) is 0 Å². The van der Waals surface area contributed by atoms with E-state index in [1.54, 1.807) is 0 Å². The lowest BCUT2D eigenvalue weighted by molar-refractivity contribution is 0.138. The molecule has 2 saturated heterocycles. The first-order chi connectivity index (χ1) is 15.5. The van der Waals surface area contributed by atoms with Gasteiger partial charge in [-0.3, -0.25) is 9.80 Å². The number of fused-ring (bicyclic) bond motifs is 1. The van der Waals surface area contributed by atoms with Crippen LogP contribution in [0.5, 0.6) is 5.75 Å². The van der Waals surface area contributed by atoms with E-state index in [1.165, 1.54) is 11.3 Å². The maximum Gasteiger partial charge on any atom is 0.324 e. The van der Waals surface area contributed by atoms with Gasteiger partial charge in [0.2, 0.25) is 0 Å². The number of amides is 2. The van der Waals surface area contributed by atoms with Crippen LogP contribution in [0.4, 0.5) is 16.2 Å². The molecule has 0 saturated carbocycles. The van der Waals surface area contributed by atoms with E-state index in [4.69, 9.17) is 4.74 Å². The van der Waals surface area contributed by atoms with Gasteiger partial charge in [0.15, 0.2) is 0 Å². The van der Waals surface area contributed by atoms with Crippen molar-refractivity contribution < 1.29 is 9.53 Å². The van der Waals surface area contributed by atoms with Gasteiger partial charge in [-0.15, -0.1) is 0 Å². The number of carbonyl (C=O) groups excluding carboxylic acids is 1. The van der Waals surface area contributed by atoms with E-state index in [9.17, 15) is 4.79 Å². The number of carbonyl (C=O) groups is 1. The largest absolute Gasteiger partial charge is 0.485 e. The Hall–Kier alpha value is -2.73. The maximum atomic E-state index is 12.7. The lowest BCUT2D eigenvalue weighted by atomic mass is 10.0. The van der Waals surface area contributed by atoms with Crippen molar-refractivity contribution in [1.82, 2.24) is 9.80 Å². The van der Waals surface area contributed by atoms with E-state index in [0.29, 0.717) is 0 Å². The standard InChI is InChI=1S/C26H34N4O2/c1-26(2)20-21-8-6-11-23(24(21)32-26)28-16-14-27(15-17-28)12-7-13-29-18-19-30(25(29)31)22-9-4-3-5-10-22/h3-6,8-11H,7,12-20H2,1-2H3. The Morgan fingerprint density at radius 3 is 2.44 bits per heavy atom. The second-order valence-electron chi connectivity index (χ2n) is 9.74. The van der Waals surface area contributed by atoms with Crippen LogP contribution in [-0.2, 0) is 6.42 Å². The fraction of sp³-hybridized carbons (Fsp3) is 0.500. The Kier molecular flexibility index (Phi) is 5.72. The van der Waals surface area contributed by atoms with Crippen LogP contribution in [-0.4, -0.2) is 73.8 Å². The number of hydrogen-bond donors (Lipinski definition) is 0. The van der Waals surface area contributed by atoms with Gasteiger partial charge in [-0.05, 0) is 45.0 Å². The summed E-state index contributed by atoms with van der Waals surface area (Å²) in [6.07, 6.45) is 2.00. The molecule has 0 bridgehead atoms. The first-order valence-corrected chi connectivity index (χ1v) is 11.9. The molecule has 2 aromatic carbocycles. The number of piperazine rings is 1. The quantitative estimate of drug-likeness (QED) is 0.692. The number of hydrogen-bond acceptors (Lipinski definition) is 4. The molecule has 6 nitrogen and oxygen atoms in total. The van der Waals surface area contributed by atoms with Crippen LogP contribution in [0.15, 0.2) is 48.5 Å². The van der Waals surface area contributed by atoms with Crippen molar-refractivity contribution in [1.29, 1.82) is 0 Å². The first kappa shape index (κ1) is 21.1. The Labute approximate surface area is 191 Å². The molecule has 6 heteroatoms. The zero-order valence-corrected chi connectivity index (χ0v) is 19.3. The molecule has 3 heterocycles. The summed E-state index contributed by atoms with van der Waals surface area (Å²) in [6, 6.07) is 16.7. The summed E-state index contributed by atoms with van der Waals surface area (Å²) in [5.74, 6) is 1.08. The highest BCUT2D eigenvalue weighted by Crippen LogP contribution is 2.42. The van der Waals surface area contributed by atoms with Gasteiger partial charge in [0.05, 0.1) is 5.69 Å². The van der Waals surface area contributed by atoms with Gasteiger partial charge in [0.1, 0.15) is 11.4 Å². The van der Waals surface area contributed by atoms with Crippen LogP contribution in [0, 0.1) is 0 Å². The Morgan fingerprint density at radius 2 is 1.66 bits per heavy atom. The smallest absolute Gasteiger partial charge is 0.324 e. The number of nitrogens with zero attached hydrogens (tertiary/aromatic N) is 4. The highest BCUT2D eigenvalue weighted by Gasteiger charge is 2.33. The van der Waals surface area contributed by atoms with Crippen LogP contribution < -0.4 is 14.5 Å². The van der Waals surface area contributed by atoms with Gasteiger partial charge >= 0.3 is 6.03 Å². The molecule has 5 rings (SSSR count). The van der Waals surface area contributed by atoms with Crippen molar-refractivity contribution >= 4 is 17.4 Å². The lowest BCUT2D eigenvalue weighted by Gasteiger charge is -2.37. The molecule has 2 amide bonds. The summed E-state index contributed by atoms with van der Waals surface area (Å²) in [7, 11) is 0. The van der Waals surface area contributed by atoms with Gasteiger partial charge < -0.3 is 14.5 Å². The van der Waals surface area contributed by atoms with Gasteiger partial charge in [0.25, 0.3) is 0 Å². The van der Waals surface area contributed by atoms with Crippen molar-refractivity contribution in [3.63, 3.8) is 0 Å². The number of anilines is 2. The highest BCUT2D eigenvalue weighted by atomic mass is 16.5. The van der Waals surface area contributed by atoms with Gasteiger partial charge in [-0.25, -0.2) is 4.79 Å². The fourth-order valence-corrected chi connectivity index (χ4v) is 5.18. The number of benzene rings is 2. The first-order valence-electron chi connectivity index (χ1n) is 11.9. The molecule has 0 spiro atoms. The van der Waals surface area contributed by atoms with E-state index in [0.717, 1.165) is 76.6 Å². The molecule has 3 aliphatic rings. The van der Waals surface area contributed by atoms with Crippen LogP contribution in [0.25, 0.3) is 0 Å². The van der Waals surface area contributed by atoms with E-state index in [1.807, 2.05) is 40.1 Å². The van der Waals surface area contributed by atoms with E-state index in [-0.39, 0.29) is 11.6 Å². The summed E-state index contributed by atoms with van der Waals surface area (Å²) in [4.78, 5) is 21.6.